The van der Waals surface area contributed by atoms with E-state index in [-0.39, 0.29) is 22.2 Å². The van der Waals surface area contributed by atoms with E-state index in [1.807, 2.05) is 0 Å². The summed E-state index contributed by atoms with van der Waals surface area (Å²) in [6, 6.07) is 3.87. The second-order valence-corrected chi connectivity index (χ2v) is 4.62. The molecule has 1 aromatic rings. The Morgan fingerprint density at radius 1 is 1.47 bits per heavy atom. The minimum atomic E-state index is -0.570. The van der Waals surface area contributed by atoms with Gasteiger partial charge in [-0.3, -0.25) is 19.7 Å². The van der Waals surface area contributed by atoms with E-state index in [1.54, 1.807) is 0 Å². The number of carbonyl (C=O) groups is 2. The van der Waals surface area contributed by atoms with Crippen LogP contribution >= 0.6 is 11.8 Å². The SMILES string of the molecule is COc1ccc([N+](=O)[O-])cc1NC(=O)CSC(C)=O. The van der Waals surface area contributed by atoms with Gasteiger partial charge in [0.2, 0.25) is 5.91 Å². The van der Waals surface area contributed by atoms with Crippen LogP contribution in [0, 0.1) is 10.1 Å². The summed E-state index contributed by atoms with van der Waals surface area (Å²) in [5, 5.41) is 12.9. The average molecular weight is 284 g/mol. The molecular formula is C11H12N2O5S. The van der Waals surface area contributed by atoms with Gasteiger partial charge in [0.1, 0.15) is 5.75 Å². The van der Waals surface area contributed by atoms with E-state index in [9.17, 15) is 19.7 Å². The Bertz CT molecular complexity index is 518. The summed E-state index contributed by atoms with van der Waals surface area (Å²) in [5.74, 6) is -0.174. The lowest BCUT2D eigenvalue weighted by Crippen LogP contribution is -2.15. The summed E-state index contributed by atoms with van der Waals surface area (Å²) in [6.45, 7) is 1.35. The highest BCUT2D eigenvalue weighted by atomic mass is 32.2. The maximum atomic E-state index is 11.6. The van der Waals surface area contributed by atoms with Gasteiger partial charge in [0.05, 0.1) is 23.5 Å². The molecule has 0 aliphatic heterocycles. The lowest BCUT2D eigenvalue weighted by atomic mass is 10.2. The van der Waals surface area contributed by atoms with Crippen LogP contribution in [0.1, 0.15) is 6.92 Å². The van der Waals surface area contributed by atoms with E-state index in [1.165, 1.54) is 32.2 Å². The van der Waals surface area contributed by atoms with Gasteiger partial charge in [-0.05, 0) is 6.07 Å². The molecule has 0 aliphatic carbocycles. The zero-order valence-corrected chi connectivity index (χ0v) is 11.2. The highest BCUT2D eigenvalue weighted by molar-refractivity contribution is 8.14. The van der Waals surface area contributed by atoms with E-state index in [0.29, 0.717) is 5.75 Å². The van der Waals surface area contributed by atoms with Crippen LogP contribution in [-0.4, -0.2) is 28.8 Å². The molecule has 0 aliphatic rings. The van der Waals surface area contributed by atoms with Crippen molar-refractivity contribution in [3.8, 4) is 5.75 Å². The second kappa shape index (κ2) is 6.74. The number of hydrogen-bond acceptors (Lipinski definition) is 6. The van der Waals surface area contributed by atoms with Gasteiger partial charge < -0.3 is 10.1 Å². The smallest absolute Gasteiger partial charge is 0.271 e. The number of non-ortho nitro benzene ring substituents is 1. The lowest BCUT2D eigenvalue weighted by Gasteiger charge is -2.09. The molecule has 0 radical (unpaired) electrons. The van der Waals surface area contributed by atoms with E-state index < -0.39 is 10.8 Å². The highest BCUT2D eigenvalue weighted by Crippen LogP contribution is 2.28. The molecule has 1 aromatic carbocycles. The number of nitro groups is 1. The highest BCUT2D eigenvalue weighted by Gasteiger charge is 2.14. The van der Waals surface area contributed by atoms with Crippen molar-refractivity contribution in [2.75, 3.05) is 18.2 Å². The standard InChI is InChI=1S/C11H12N2O5S/c1-7(14)19-6-11(15)12-9-5-8(13(16)17)3-4-10(9)18-2/h3-5H,6H2,1-2H3,(H,12,15). The minimum Gasteiger partial charge on any atom is -0.495 e. The van der Waals surface area contributed by atoms with E-state index >= 15 is 0 Å². The van der Waals surface area contributed by atoms with Crippen LogP contribution in [0.15, 0.2) is 18.2 Å². The first kappa shape index (κ1) is 15.0. The zero-order valence-electron chi connectivity index (χ0n) is 10.3. The van der Waals surface area contributed by atoms with Crippen LogP contribution in [0.2, 0.25) is 0 Å². The molecule has 0 unspecified atom stereocenters. The van der Waals surface area contributed by atoms with E-state index in [4.69, 9.17) is 4.74 Å². The number of nitrogens with one attached hydrogen (secondary N) is 1. The quantitative estimate of drug-likeness (QED) is 0.654. The molecule has 1 amide bonds. The Morgan fingerprint density at radius 2 is 2.16 bits per heavy atom. The van der Waals surface area contributed by atoms with Gasteiger partial charge in [-0.2, -0.15) is 0 Å². The molecule has 0 heterocycles. The molecule has 0 saturated heterocycles. The van der Waals surface area contributed by atoms with Crippen molar-refractivity contribution in [2.45, 2.75) is 6.92 Å². The number of rotatable bonds is 5. The van der Waals surface area contributed by atoms with Crippen molar-refractivity contribution >= 4 is 34.2 Å². The van der Waals surface area contributed by atoms with E-state index in [0.717, 1.165) is 11.8 Å². The van der Waals surface area contributed by atoms with Crippen LogP contribution < -0.4 is 10.1 Å². The monoisotopic (exact) mass is 284 g/mol. The number of hydrogen-bond donors (Lipinski definition) is 1. The first-order chi connectivity index (χ1) is 8.93. The van der Waals surface area contributed by atoms with Crippen molar-refractivity contribution in [1.82, 2.24) is 0 Å². The number of thioether (sulfide) groups is 1. The molecule has 0 bridgehead atoms. The summed E-state index contributed by atoms with van der Waals surface area (Å²) in [4.78, 5) is 32.4. The van der Waals surface area contributed by atoms with Gasteiger partial charge in [0.25, 0.3) is 5.69 Å². The fraction of sp³-hybridized carbons (Fsp3) is 0.273. The number of methoxy groups -OCH3 is 1. The second-order valence-electron chi connectivity index (χ2n) is 3.47. The number of amides is 1. The van der Waals surface area contributed by atoms with Gasteiger partial charge in [-0.15, -0.1) is 0 Å². The lowest BCUT2D eigenvalue weighted by molar-refractivity contribution is -0.384. The zero-order chi connectivity index (χ0) is 14.4. The Morgan fingerprint density at radius 3 is 2.68 bits per heavy atom. The summed E-state index contributed by atoms with van der Waals surface area (Å²) in [6.07, 6.45) is 0. The van der Waals surface area contributed by atoms with Gasteiger partial charge in [0.15, 0.2) is 5.12 Å². The third kappa shape index (κ3) is 4.59. The first-order valence-electron chi connectivity index (χ1n) is 5.19. The molecule has 102 valence electrons. The minimum absolute atomic E-state index is 0.0544. The predicted molar refractivity (Wildman–Crippen MR) is 71.4 cm³/mol. The molecule has 0 spiro atoms. The average Bonchev–Trinajstić information content (AvgIpc) is 2.36. The predicted octanol–water partition coefficient (Wildman–Crippen LogP) is 1.82. The van der Waals surface area contributed by atoms with Crippen LogP contribution in [0.5, 0.6) is 5.75 Å². The van der Waals surface area contributed by atoms with Crippen LogP contribution in [0.3, 0.4) is 0 Å². The van der Waals surface area contributed by atoms with Gasteiger partial charge >= 0.3 is 0 Å². The molecule has 0 fully saturated rings. The molecule has 8 heteroatoms. The normalized spacial score (nSPS) is 9.79. The fourth-order valence-electron chi connectivity index (χ4n) is 1.26. The third-order valence-corrected chi connectivity index (χ3v) is 2.89. The number of nitrogens with zero attached hydrogens (tertiary/aromatic N) is 1. The molecule has 0 atom stereocenters. The molecule has 0 aromatic heterocycles. The molecule has 1 rings (SSSR count). The van der Waals surface area contributed by atoms with Crippen LogP contribution in [-0.2, 0) is 9.59 Å². The van der Waals surface area contributed by atoms with Crippen molar-refractivity contribution < 1.29 is 19.2 Å². The van der Waals surface area contributed by atoms with Crippen LogP contribution in [0.4, 0.5) is 11.4 Å². The number of anilines is 1. The molecule has 7 nitrogen and oxygen atoms in total. The third-order valence-electron chi connectivity index (χ3n) is 2.07. The molecule has 0 saturated carbocycles. The number of ether oxygens (including phenoxy) is 1. The number of nitro benzene ring substituents is 1. The fourth-order valence-corrected chi connectivity index (χ4v) is 1.67. The summed E-state index contributed by atoms with van der Waals surface area (Å²) >= 11 is 0.857. The first-order valence-corrected chi connectivity index (χ1v) is 6.18. The summed E-state index contributed by atoms with van der Waals surface area (Å²) in [7, 11) is 1.39. The van der Waals surface area contributed by atoms with Gasteiger partial charge in [0, 0.05) is 19.1 Å². The maximum Gasteiger partial charge on any atom is 0.271 e. The summed E-state index contributed by atoms with van der Waals surface area (Å²) < 4.78 is 5.00. The largest absolute Gasteiger partial charge is 0.495 e. The number of benzene rings is 1. The summed E-state index contributed by atoms with van der Waals surface area (Å²) in [5.41, 5.74) is 0.0428. The van der Waals surface area contributed by atoms with Crippen LogP contribution in [0.25, 0.3) is 0 Å². The maximum absolute atomic E-state index is 11.6. The Hall–Kier alpha value is -2.09. The van der Waals surface area contributed by atoms with Crippen molar-refractivity contribution in [1.29, 1.82) is 0 Å². The van der Waals surface area contributed by atoms with Gasteiger partial charge in [-0.1, -0.05) is 11.8 Å². The van der Waals surface area contributed by atoms with Crippen molar-refractivity contribution in [3.05, 3.63) is 28.3 Å². The number of carbonyl (C=O) groups excluding carboxylic acids is 2. The Balaban J connectivity index is 2.85. The molecular weight excluding hydrogens is 272 g/mol. The van der Waals surface area contributed by atoms with Gasteiger partial charge in [-0.25, -0.2) is 0 Å². The van der Waals surface area contributed by atoms with Crippen molar-refractivity contribution in [3.63, 3.8) is 0 Å². The Kier molecular flexibility index (Phi) is 5.31. The Labute approximate surface area is 113 Å². The molecule has 1 N–H and O–H groups in total. The van der Waals surface area contributed by atoms with E-state index in [2.05, 4.69) is 5.32 Å². The topological polar surface area (TPSA) is 98.5 Å². The van der Waals surface area contributed by atoms with Crippen molar-refractivity contribution in [2.24, 2.45) is 0 Å². The molecule has 19 heavy (non-hydrogen) atoms.